The molecule has 0 aliphatic carbocycles. The molecular formula is C16H9N3O. The maximum Gasteiger partial charge on any atom is 0.138 e. The zero-order valence-corrected chi connectivity index (χ0v) is 10.4. The van der Waals surface area contributed by atoms with E-state index in [-0.39, 0.29) is 5.57 Å². The standard InChI is InChI=1S/C16H9N3O/c17-10-14(11-18)16(12-4-2-1-3-5-12)13-6-8-15(19-20)9-7-13/h1-9H. The third kappa shape index (κ3) is 2.60. The molecule has 0 spiro atoms. The van der Waals surface area contributed by atoms with Crippen molar-refractivity contribution in [1.82, 2.24) is 0 Å². The van der Waals surface area contributed by atoms with E-state index in [1.54, 1.807) is 24.3 Å². The van der Waals surface area contributed by atoms with Crippen molar-refractivity contribution in [3.63, 3.8) is 0 Å². The third-order valence-electron chi connectivity index (χ3n) is 2.80. The summed E-state index contributed by atoms with van der Waals surface area (Å²) < 4.78 is 0. The van der Waals surface area contributed by atoms with Gasteiger partial charge < -0.3 is 0 Å². The molecular weight excluding hydrogens is 250 g/mol. The number of benzene rings is 2. The van der Waals surface area contributed by atoms with E-state index in [1.807, 2.05) is 42.5 Å². The first kappa shape index (κ1) is 13.2. The van der Waals surface area contributed by atoms with Crippen LogP contribution in [0, 0.1) is 27.6 Å². The van der Waals surface area contributed by atoms with Crippen LogP contribution < -0.4 is 0 Å². The minimum absolute atomic E-state index is 0.0306. The highest BCUT2D eigenvalue weighted by atomic mass is 16.3. The quantitative estimate of drug-likeness (QED) is 0.618. The summed E-state index contributed by atoms with van der Waals surface area (Å²) in [6.07, 6.45) is 0. The first-order valence-corrected chi connectivity index (χ1v) is 5.84. The van der Waals surface area contributed by atoms with Crippen LogP contribution in [0.3, 0.4) is 0 Å². The molecule has 2 aromatic rings. The fraction of sp³-hybridized carbons (Fsp3) is 0. The van der Waals surface area contributed by atoms with Crippen LogP contribution in [0.25, 0.3) is 5.57 Å². The first-order valence-electron chi connectivity index (χ1n) is 5.84. The number of nitrogens with zero attached hydrogens (tertiary/aromatic N) is 3. The molecule has 0 atom stereocenters. The molecule has 0 aliphatic heterocycles. The van der Waals surface area contributed by atoms with Crippen LogP contribution in [0.4, 0.5) is 5.69 Å². The topological polar surface area (TPSA) is 77.0 Å². The fourth-order valence-electron chi connectivity index (χ4n) is 1.89. The molecule has 4 heteroatoms. The Labute approximate surface area is 116 Å². The van der Waals surface area contributed by atoms with Gasteiger partial charge in [0.25, 0.3) is 0 Å². The van der Waals surface area contributed by atoms with E-state index in [0.29, 0.717) is 16.8 Å². The average Bonchev–Trinajstić information content (AvgIpc) is 2.53. The molecule has 0 heterocycles. The number of allylic oxidation sites excluding steroid dienone is 1. The lowest BCUT2D eigenvalue weighted by Crippen LogP contribution is -1.92. The molecule has 0 saturated carbocycles. The minimum atomic E-state index is 0.0306. The summed E-state index contributed by atoms with van der Waals surface area (Å²) in [5, 5.41) is 21.1. The van der Waals surface area contributed by atoms with Crippen molar-refractivity contribution in [2.24, 2.45) is 5.18 Å². The third-order valence-corrected chi connectivity index (χ3v) is 2.80. The van der Waals surface area contributed by atoms with Crippen LogP contribution in [0.1, 0.15) is 11.1 Å². The Balaban J connectivity index is 2.65. The van der Waals surface area contributed by atoms with Gasteiger partial charge >= 0.3 is 0 Å². The van der Waals surface area contributed by atoms with Gasteiger partial charge in [0.2, 0.25) is 0 Å². The van der Waals surface area contributed by atoms with Crippen molar-refractivity contribution < 1.29 is 0 Å². The molecule has 0 N–H and O–H groups in total. The van der Waals surface area contributed by atoms with E-state index in [2.05, 4.69) is 5.18 Å². The predicted octanol–water partition coefficient (Wildman–Crippen LogP) is 3.93. The lowest BCUT2D eigenvalue weighted by Gasteiger charge is -2.08. The van der Waals surface area contributed by atoms with Crippen molar-refractivity contribution >= 4 is 11.3 Å². The van der Waals surface area contributed by atoms with Gasteiger partial charge in [-0.3, -0.25) is 0 Å². The van der Waals surface area contributed by atoms with Gasteiger partial charge in [-0.1, -0.05) is 42.5 Å². The average molecular weight is 259 g/mol. The monoisotopic (exact) mass is 259 g/mol. The lowest BCUT2D eigenvalue weighted by molar-refractivity contribution is 1.43. The number of rotatable bonds is 3. The number of hydrogen-bond donors (Lipinski definition) is 0. The van der Waals surface area contributed by atoms with Crippen LogP contribution in [0.5, 0.6) is 0 Å². The van der Waals surface area contributed by atoms with Gasteiger partial charge in [-0.05, 0) is 28.4 Å². The summed E-state index contributed by atoms with van der Waals surface area (Å²) in [6.45, 7) is 0. The highest BCUT2D eigenvalue weighted by Gasteiger charge is 2.11. The number of hydrogen-bond acceptors (Lipinski definition) is 4. The van der Waals surface area contributed by atoms with E-state index >= 15 is 0 Å². The Hall–Kier alpha value is -3.24. The molecule has 0 amide bonds. The zero-order valence-electron chi connectivity index (χ0n) is 10.4. The molecule has 0 aromatic heterocycles. The van der Waals surface area contributed by atoms with Crippen molar-refractivity contribution in [2.75, 3.05) is 0 Å². The minimum Gasteiger partial charge on any atom is -0.192 e. The highest BCUT2D eigenvalue weighted by molar-refractivity contribution is 5.86. The van der Waals surface area contributed by atoms with Crippen LogP contribution >= 0.6 is 0 Å². The Kier molecular flexibility index (Phi) is 4.01. The second-order valence-electron chi connectivity index (χ2n) is 3.98. The van der Waals surface area contributed by atoms with Gasteiger partial charge in [-0.2, -0.15) is 10.5 Å². The molecule has 0 fully saturated rings. The van der Waals surface area contributed by atoms with E-state index in [0.717, 1.165) is 5.56 Å². The van der Waals surface area contributed by atoms with E-state index < -0.39 is 0 Å². The summed E-state index contributed by atoms with van der Waals surface area (Å²) in [6, 6.07) is 19.5. The molecule has 0 radical (unpaired) electrons. The molecule has 0 bridgehead atoms. The molecule has 0 saturated heterocycles. The maximum atomic E-state index is 10.4. The molecule has 20 heavy (non-hydrogen) atoms. The van der Waals surface area contributed by atoms with E-state index in [9.17, 15) is 4.91 Å². The molecule has 94 valence electrons. The van der Waals surface area contributed by atoms with Gasteiger partial charge in [0.05, 0.1) is 0 Å². The smallest absolute Gasteiger partial charge is 0.138 e. The molecule has 0 aliphatic rings. The van der Waals surface area contributed by atoms with E-state index in [4.69, 9.17) is 10.5 Å². The van der Waals surface area contributed by atoms with Gasteiger partial charge in [-0.25, -0.2) is 0 Å². The second-order valence-corrected chi connectivity index (χ2v) is 3.98. The maximum absolute atomic E-state index is 10.4. The SMILES string of the molecule is N#CC(C#N)=C(c1ccccc1)c1ccc(N=O)cc1. The van der Waals surface area contributed by atoms with Crippen LogP contribution in [-0.2, 0) is 0 Å². The van der Waals surface area contributed by atoms with Crippen LogP contribution in [-0.4, -0.2) is 0 Å². The summed E-state index contributed by atoms with van der Waals surface area (Å²) in [5.41, 5.74) is 2.35. The Morgan fingerprint density at radius 3 is 1.90 bits per heavy atom. The Bertz CT molecular complexity index is 716. The van der Waals surface area contributed by atoms with Gasteiger partial charge in [0.1, 0.15) is 23.4 Å². The normalized spacial score (nSPS) is 9.10. The summed E-state index contributed by atoms with van der Waals surface area (Å²) in [7, 11) is 0. The molecule has 0 unspecified atom stereocenters. The van der Waals surface area contributed by atoms with Gasteiger partial charge in [-0.15, -0.1) is 4.91 Å². The molecule has 2 rings (SSSR count). The zero-order chi connectivity index (χ0) is 14.4. The number of nitriles is 2. The van der Waals surface area contributed by atoms with Crippen molar-refractivity contribution in [3.05, 3.63) is 76.2 Å². The molecule has 2 aromatic carbocycles. The lowest BCUT2D eigenvalue weighted by atomic mass is 9.94. The Morgan fingerprint density at radius 2 is 1.40 bits per heavy atom. The molecule has 4 nitrogen and oxygen atoms in total. The fourth-order valence-corrected chi connectivity index (χ4v) is 1.89. The van der Waals surface area contributed by atoms with E-state index in [1.165, 1.54) is 0 Å². The Morgan fingerprint density at radius 1 is 0.850 bits per heavy atom. The van der Waals surface area contributed by atoms with Gasteiger partial charge in [0.15, 0.2) is 0 Å². The highest BCUT2D eigenvalue weighted by Crippen LogP contribution is 2.28. The second kappa shape index (κ2) is 6.08. The summed E-state index contributed by atoms with van der Waals surface area (Å²) in [4.78, 5) is 10.4. The van der Waals surface area contributed by atoms with Crippen LogP contribution in [0.15, 0.2) is 65.3 Å². The van der Waals surface area contributed by atoms with Crippen molar-refractivity contribution in [3.8, 4) is 12.1 Å². The van der Waals surface area contributed by atoms with Gasteiger partial charge in [0, 0.05) is 5.57 Å². The predicted molar refractivity (Wildman–Crippen MR) is 75.6 cm³/mol. The summed E-state index contributed by atoms with van der Waals surface area (Å²) in [5.74, 6) is 0. The van der Waals surface area contributed by atoms with Crippen molar-refractivity contribution in [2.45, 2.75) is 0 Å². The number of nitroso groups, excluding NO2 is 1. The largest absolute Gasteiger partial charge is 0.192 e. The summed E-state index contributed by atoms with van der Waals surface area (Å²) >= 11 is 0. The van der Waals surface area contributed by atoms with Crippen molar-refractivity contribution in [1.29, 1.82) is 10.5 Å². The first-order chi connectivity index (χ1) is 9.80. The van der Waals surface area contributed by atoms with Crippen LogP contribution in [0.2, 0.25) is 0 Å².